The zero-order chi connectivity index (χ0) is 16.5. The summed E-state index contributed by atoms with van der Waals surface area (Å²) in [5.41, 5.74) is 4.73. The second-order valence-corrected chi connectivity index (χ2v) is 6.95. The Kier molecular flexibility index (Phi) is 4.37. The number of phenols is 1. The molecule has 2 N–H and O–H groups in total. The number of rotatable bonds is 5. The van der Waals surface area contributed by atoms with Gasteiger partial charge in [-0.3, -0.25) is 0 Å². The number of para-hydroxylation sites is 1. The van der Waals surface area contributed by atoms with E-state index in [4.69, 9.17) is 9.47 Å². The van der Waals surface area contributed by atoms with E-state index in [-0.39, 0.29) is 0 Å². The first-order chi connectivity index (χ1) is 11.8. The van der Waals surface area contributed by atoms with Crippen LogP contribution in [0, 0.1) is 0 Å². The Morgan fingerprint density at radius 2 is 1.79 bits per heavy atom. The van der Waals surface area contributed by atoms with Gasteiger partial charge in [0.1, 0.15) is 17.2 Å². The predicted molar refractivity (Wildman–Crippen MR) is 96.1 cm³/mol. The van der Waals surface area contributed by atoms with Crippen LogP contribution in [0.25, 0.3) is 0 Å². The molecule has 0 saturated heterocycles. The van der Waals surface area contributed by atoms with Crippen LogP contribution in [0.5, 0.6) is 17.2 Å². The molecule has 0 atom stereocenters. The van der Waals surface area contributed by atoms with Crippen molar-refractivity contribution in [1.29, 1.82) is 0 Å². The van der Waals surface area contributed by atoms with Crippen molar-refractivity contribution in [3.05, 3.63) is 51.0 Å². The Balaban J connectivity index is 1.49. The van der Waals surface area contributed by atoms with Crippen LogP contribution in [0.3, 0.4) is 0 Å². The number of benzene rings is 2. The minimum Gasteiger partial charge on any atom is -0.508 e. The number of hydrogen-bond donors (Lipinski definition) is 2. The van der Waals surface area contributed by atoms with Crippen LogP contribution < -0.4 is 14.8 Å². The molecule has 126 valence electrons. The van der Waals surface area contributed by atoms with Crippen molar-refractivity contribution in [2.75, 3.05) is 19.8 Å². The first-order valence-electron chi connectivity index (χ1n) is 8.35. The third-order valence-corrected chi connectivity index (χ3v) is 5.55. The van der Waals surface area contributed by atoms with E-state index in [0.29, 0.717) is 12.3 Å². The highest BCUT2D eigenvalue weighted by atomic mass is 79.9. The Hall–Kier alpha value is -1.72. The fraction of sp³-hybridized carbons (Fsp3) is 0.368. The van der Waals surface area contributed by atoms with Gasteiger partial charge in [-0.2, -0.15) is 0 Å². The molecule has 24 heavy (non-hydrogen) atoms. The maximum absolute atomic E-state index is 9.83. The molecule has 0 aromatic heterocycles. The van der Waals surface area contributed by atoms with Crippen LogP contribution in [0.4, 0.5) is 0 Å². The summed E-state index contributed by atoms with van der Waals surface area (Å²) in [4.78, 5) is 0. The molecule has 2 aromatic carbocycles. The van der Waals surface area contributed by atoms with E-state index < -0.39 is 0 Å². The molecule has 0 saturated carbocycles. The SMILES string of the molecule is Oc1ccccc1CNCCc1c2c(c(Br)c3c1OCC3)OCC2. The number of hydrogen-bond acceptors (Lipinski definition) is 4. The standard InChI is InChI=1S/C19H20BrNO3/c20-17-15-7-10-23-18(15)13(14-6-9-24-19(14)17)5-8-21-11-12-3-1-2-4-16(12)22/h1-4,21-22H,5-11H2. The van der Waals surface area contributed by atoms with Crippen LogP contribution in [0.15, 0.2) is 28.7 Å². The fourth-order valence-corrected chi connectivity index (χ4v) is 4.24. The average Bonchev–Trinajstić information content (AvgIpc) is 3.25. The minimum absolute atomic E-state index is 0.340. The summed E-state index contributed by atoms with van der Waals surface area (Å²) in [6.07, 6.45) is 2.78. The molecular weight excluding hydrogens is 370 g/mol. The Morgan fingerprint density at radius 3 is 2.62 bits per heavy atom. The van der Waals surface area contributed by atoms with Gasteiger partial charge in [-0.25, -0.2) is 0 Å². The lowest BCUT2D eigenvalue weighted by Gasteiger charge is -2.15. The van der Waals surface area contributed by atoms with Gasteiger partial charge in [0, 0.05) is 41.6 Å². The summed E-state index contributed by atoms with van der Waals surface area (Å²) < 4.78 is 12.8. The van der Waals surface area contributed by atoms with Gasteiger partial charge in [0.2, 0.25) is 0 Å². The summed E-state index contributed by atoms with van der Waals surface area (Å²) in [6.45, 7) is 2.98. The van der Waals surface area contributed by atoms with Crippen LogP contribution in [-0.2, 0) is 25.8 Å². The van der Waals surface area contributed by atoms with Crippen molar-refractivity contribution in [3.63, 3.8) is 0 Å². The number of halogens is 1. The molecule has 0 bridgehead atoms. The molecule has 4 rings (SSSR count). The number of phenolic OH excluding ortho intramolecular Hbond substituents is 1. The largest absolute Gasteiger partial charge is 0.508 e. The van der Waals surface area contributed by atoms with E-state index in [9.17, 15) is 5.11 Å². The predicted octanol–water partition coefficient (Wildman–Crippen LogP) is 3.36. The van der Waals surface area contributed by atoms with Crippen molar-refractivity contribution in [1.82, 2.24) is 5.32 Å². The van der Waals surface area contributed by atoms with E-state index in [1.165, 1.54) is 16.7 Å². The molecule has 2 heterocycles. The molecule has 0 fully saturated rings. The van der Waals surface area contributed by atoms with Crippen LogP contribution in [0.1, 0.15) is 22.3 Å². The second kappa shape index (κ2) is 6.65. The zero-order valence-corrected chi connectivity index (χ0v) is 15.0. The van der Waals surface area contributed by atoms with Crippen LogP contribution in [0.2, 0.25) is 0 Å². The quantitative estimate of drug-likeness (QED) is 0.769. The summed E-state index contributed by atoms with van der Waals surface area (Å²) in [5, 5.41) is 13.2. The number of fused-ring (bicyclic) bond motifs is 2. The van der Waals surface area contributed by atoms with Crippen LogP contribution in [-0.4, -0.2) is 24.9 Å². The second-order valence-electron chi connectivity index (χ2n) is 6.16. The van der Waals surface area contributed by atoms with Gasteiger partial charge >= 0.3 is 0 Å². The van der Waals surface area contributed by atoms with Gasteiger partial charge in [0.15, 0.2) is 0 Å². The molecule has 0 aliphatic carbocycles. The average molecular weight is 390 g/mol. The van der Waals surface area contributed by atoms with Gasteiger partial charge < -0.3 is 19.9 Å². The van der Waals surface area contributed by atoms with E-state index in [0.717, 1.165) is 60.6 Å². The fourth-order valence-electron chi connectivity index (χ4n) is 3.51. The van der Waals surface area contributed by atoms with E-state index >= 15 is 0 Å². The number of nitrogens with one attached hydrogen (secondary N) is 1. The Bertz CT molecular complexity index is 740. The van der Waals surface area contributed by atoms with Crippen molar-refractivity contribution in [2.24, 2.45) is 0 Å². The molecule has 2 aliphatic rings. The van der Waals surface area contributed by atoms with Crippen molar-refractivity contribution in [2.45, 2.75) is 25.8 Å². The van der Waals surface area contributed by atoms with Crippen molar-refractivity contribution < 1.29 is 14.6 Å². The third-order valence-electron chi connectivity index (χ3n) is 4.71. The van der Waals surface area contributed by atoms with E-state index in [2.05, 4.69) is 21.2 Å². The zero-order valence-electron chi connectivity index (χ0n) is 13.4. The first kappa shape index (κ1) is 15.8. The molecule has 0 spiro atoms. The number of ether oxygens (including phenoxy) is 2. The molecular formula is C19H20BrNO3. The maximum atomic E-state index is 9.83. The van der Waals surface area contributed by atoms with Crippen LogP contribution >= 0.6 is 15.9 Å². The maximum Gasteiger partial charge on any atom is 0.137 e. The third kappa shape index (κ3) is 2.76. The highest BCUT2D eigenvalue weighted by Gasteiger charge is 2.29. The van der Waals surface area contributed by atoms with Gasteiger partial charge in [0.25, 0.3) is 0 Å². The molecule has 5 heteroatoms. The highest BCUT2D eigenvalue weighted by molar-refractivity contribution is 9.10. The lowest BCUT2D eigenvalue weighted by atomic mass is 9.97. The highest BCUT2D eigenvalue weighted by Crippen LogP contribution is 2.47. The summed E-state index contributed by atoms with van der Waals surface area (Å²) in [5.74, 6) is 2.40. The smallest absolute Gasteiger partial charge is 0.137 e. The van der Waals surface area contributed by atoms with Crippen molar-refractivity contribution >= 4 is 15.9 Å². The summed E-state index contributed by atoms with van der Waals surface area (Å²) in [7, 11) is 0. The van der Waals surface area contributed by atoms with Gasteiger partial charge in [-0.1, -0.05) is 18.2 Å². The molecule has 0 radical (unpaired) electrons. The molecule has 0 unspecified atom stereocenters. The van der Waals surface area contributed by atoms with Gasteiger partial charge in [-0.05, 0) is 35.0 Å². The van der Waals surface area contributed by atoms with Gasteiger partial charge in [0.05, 0.1) is 17.7 Å². The molecule has 2 aliphatic heterocycles. The molecule has 4 nitrogen and oxygen atoms in total. The Labute approximate surface area is 149 Å². The molecule has 0 amide bonds. The van der Waals surface area contributed by atoms with E-state index in [1.54, 1.807) is 6.07 Å². The number of aromatic hydroxyl groups is 1. The summed E-state index contributed by atoms with van der Waals surface area (Å²) >= 11 is 3.69. The first-order valence-corrected chi connectivity index (χ1v) is 9.14. The van der Waals surface area contributed by atoms with Crippen molar-refractivity contribution in [3.8, 4) is 17.2 Å². The van der Waals surface area contributed by atoms with E-state index in [1.807, 2.05) is 18.2 Å². The lowest BCUT2D eigenvalue weighted by molar-refractivity contribution is 0.352. The normalized spacial score (nSPS) is 14.9. The Morgan fingerprint density at radius 1 is 1.04 bits per heavy atom. The minimum atomic E-state index is 0.340. The molecule has 2 aromatic rings. The summed E-state index contributed by atoms with van der Waals surface area (Å²) in [6, 6.07) is 7.44. The monoisotopic (exact) mass is 389 g/mol. The topological polar surface area (TPSA) is 50.7 Å². The van der Waals surface area contributed by atoms with Gasteiger partial charge in [-0.15, -0.1) is 0 Å². The lowest BCUT2D eigenvalue weighted by Crippen LogP contribution is -2.17.